The molecule has 2 saturated heterocycles. The van der Waals surface area contributed by atoms with Gasteiger partial charge in [0.1, 0.15) is 12.3 Å². The number of thioether (sulfide) groups is 1. The first-order valence-corrected chi connectivity index (χ1v) is 11.4. The molecule has 2 amide bonds. The molecule has 0 aromatic heterocycles. The number of para-hydroxylation sites is 2. The summed E-state index contributed by atoms with van der Waals surface area (Å²) in [6.07, 6.45) is 1.50. The van der Waals surface area contributed by atoms with Crippen molar-refractivity contribution in [1.82, 2.24) is 4.90 Å². The van der Waals surface area contributed by atoms with Crippen LogP contribution in [0.5, 0.6) is 11.5 Å². The number of nitro groups is 1. The van der Waals surface area contributed by atoms with Gasteiger partial charge in [-0.2, -0.15) is 0 Å². The molecule has 0 N–H and O–H groups in total. The van der Waals surface area contributed by atoms with E-state index < -0.39 is 16.1 Å². The van der Waals surface area contributed by atoms with Crippen molar-refractivity contribution in [2.75, 3.05) is 51.5 Å². The number of rotatable bonds is 8. The van der Waals surface area contributed by atoms with E-state index in [1.54, 1.807) is 30.3 Å². The summed E-state index contributed by atoms with van der Waals surface area (Å²) in [5.74, 6) is 0.609. The maximum atomic E-state index is 12.8. The number of methoxy groups -OCH3 is 1. The molecule has 0 atom stereocenters. The Morgan fingerprint density at radius 2 is 1.88 bits per heavy atom. The van der Waals surface area contributed by atoms with Gasteiger partial charge in [-0.05, 0) is 41.6 Å². The number of morpholine rings is 1. The summed E-state index contributed by atoms with van der Waals surface area (Å²) in [6.45, 7) is 2.31. The van der Waals surface area contributed by atoms with Crippen LogP contribution in [0.25, 0.3) is 6.08 Å². The minimum absolute atomic E-state index is 0.0555. The summed E-state index contributed by atoms with van der Waals surface area (Å²) < 4.78 is 16.2. The molecular weight excluding hydrogens is 462 g/mol. The topological polar surface area (TPSA) is 111 Å². The maximum Gasteiger partial charge on any atom is 0.293 e. The number of nitrogens with zero attached hydrogens (tertiary/aromatic N) is 3. The third-order valence-electron chi connectivity index (χ3n) is 5.36. The number of imide groups is 1. The van der Waals surface area contributed by atoms with Crippen LogP contribution in [0.2, 0.25) is 0 Å². The molecule has 2 aromatic rings. The van der Waals surface area contributed by atoms with Crippen molar-refractivity contribution in [2.24, 2.45) is 0 Å². The van der Waals surface area contributed by atoms with E-state index in [0.717, 1.165) is 16.7 Å². The first-order valence-electron chi connectivity index (χ1n) is 10.6. The largest absolute Gasteiger partial charge is 0.493 e. The van der Waals surface area contributed by atoms with Gasteiger partial charge >= 0.3 is 0 Å². The van der Waals surface area contributed by atoms with E-state index in [2.05, 4.69) is 0 Å². The average Bonchev–Trinajstić information content (AvgIpc) is 3.12. The highest BCUT2D eigenvalue weighted by Crippen LogP contribution is 2.35. The number of anilines is 1. The first-order chi connectivity index (χ1) is 16.5. The predicted octanol–water partition coefficient (Wildman–Crippen LogP) is 3.56. The summed E-state index contributed by atoms with van der Waals surface area (Å²) in [5.41, 5.74) is 0.923. The highest BCUT2D eigenvalue weighted by atomic mass is 32.2. The number of amides is 2. The van der Waals surface area contributed by atoms with Gasteiger partial charge in [0.2, 0.25) is 0 Å². The predicted molar refractivity (Wildman–Crippen MR) is 127 cm³/mol. The van der Waals surface area contributed by atoms with Crippen molar-refractivity contribution in [2.45, 2.75) is 0 Å². The van der Waals surface area contributed by atoms with Crippen molar-refractivity contribution >= 4 is 40.4 Å². The van der Waals surface area contributed by atoms with E-state index in [-0.39, 0.29) is 23.7 Å². The smallest absolute Gasteiger partial charge is 0.293 e. The highest BCUT2D eigenvalue weighted by Gasteiger charge is 2.35. The second-order valence-corrected chi connectivity index (χ2v) is 8.43. The Hall–Kier alpha value is -3.57. The molecule has 0 radical (unpaired) electrons. The first kappa shape index (κ1) is 23.6. The Labute approximate surface area is 200 Å². The number of hydrogen-bond acceptors (Lipinski definition) is 9. The van der Waals surface area contributed by atoms with Crippen molar-refractivity contribution in [3.63, 3.8) is 0 Å². The monoisotopic (exact) mass is 485 g/mol. The average molecular weight is 486 g/mol. The Morgan fingerprint density at radius 3 is 2.59 bits per heavy atom. The van der Waals surface area contributed by atoms with E-state index in [0.29, 0.717) is 49.1 Å². The van der Waals surface area contributed by atoms with Crippen molar-refractivity contribution in [3.05, 3.63) is 63.0 Å². The minimum atomic E-state index is -0.460. The van der Waals surface area contributed by atoms with Crippen LogP contribution < -0.4 is 14.4 Å². The van der Waals surface area contributed by atoms with Crippen LogP contribution in [0.15, 0.2) is 47.4 Å². The number of ether oxygens (including phenoxy) is 3. The van der Waals surface area contributed by atoms with Crippen LogP contribution in [0.1, 0.15) is 5.56 Å². The third kappa shape index (κ3) is 5.15. The molecule has 0 saturated carbocycles. The molecule has 2 heterocycles. The molecule has 4 rings (SSSR count). The number of carbonyl (C=O) groups is 2. The van der Waals surface area contributed by atoms with Gasteiger partial charge in [-0.15, -0.1) is 0 Å². The van der Waals surface area contributed by atoms with Gasteiger partial charge in [0.05, 0.1) is 36.7 Å². The molecule has 10 nitrogen and oxygen atoms in total. The van der Waals surface area contributed by atoms with Crippen molar-refractivity contribution < 1.29 is 28.7 Å². The van der Waals surface area contributed by atoms with E-state index in [9.17, 15) is 19.7 Å². The normalized spacial score (nSPS) is 17.4. The van der Waals surface area contributed by atoms with Gasteiger partial charge in [-0.1, -0.05) is 18.2 Å². The zero-order valence-corrected chi connectivity index (χ0v) is 19.3. The Kier molecular flexibility index (Phi) is 7.33. The molecule has 2 aliphatic heterocycles. The Morgan fingerprint density at radius 1 is 1.15 bits per heavy atom. The molecule has 2 aromatic carbocycles. The number of benzene rings is 2. The van der Waals surface area contributed by atoms with Gasteiger partial charge in [-0.25, -0.2) is 0 Å². The molecule has 0 unspecified atom stereocenters. The van der Waals surface area contributed by atoms with E-state index >= 15 is 0 Å². The van der Waals surface area contributed by atoms with Gasteiger partial charge < -0.3 is 19.1 Å². The van der Waals surface area contributed by atoms with E-state index in [4.69, 9.17) is 14.2 Å². The molecule has 178 valence electrons. The van der Waals surface area contributed by atoms with Crippen molar-refractivity contribution in [1.29, 1.82) is 0 Å². The molecule has 0 aliphatic carbocycles. The van der Waals surface area contributed by atoms with Crippen LogP contribution in [0, 0.1) is 10.1 Å². The van der Waals surface area contributed by atoms with Crippen LogP contribution in [0.4, 0.5) is 16.2 Å². The van der Waals surface area contributed by atoms with Crippen LogP contribution >= 0.6 is 11.8 Å². The lowest BCUT2D eigenvalue weighted by Crippen LogP contribution is -2.36. The quantitative estimate of drug-likeness (QED) is 0.315. The second kappa shape index (κ2) is 10.6. The Balaban J connectivity index is 1.46. The van der Waals surface area contributed by atoms with Gasteiger partial charge in [0.25, 0.3) is 16.8 Å². The summed E-state index contributed by atoms with van der Waals surface area (Å²) in [6, 6.07) is 11.9. The third-order valence-corrected chi connectivity index (χ3v) is 6.27. The number of nitro benzene ring substituents is 1. The molecule has 0 bridgehead atoms. The lowest BCUT2D eigenvalue weighted by atomic mass is 10.1. The molecule has 2 aliphatic rings. The summed E-state index contributed by atoms with van der Waals surface area (Å²) in [5, 5.41) is 11.3. The molecule has 34 heavy (non-hydrogen) atoms. The highest BCUT2D eigenvalue weighted by molar-refractivity contribution is 8.18. The molecule has 0 spiro atoms. The van der Waals surface area contributed by atoms with E-state index in [1.165, 1.54) is 19.3 Å². The fraction of sp³-hybridized carbons (Fsp3) is 0.304. The van der Waals surface area contributed by atoms with E-state index in [1.807, 2.05) is 11.0 Å². The van der Waals surface area contributed by atoms with Crippen molar-refractivity contribution in [3.8, 4) is 11.5 Å². The lowest BCUT2D eigenvalue weighted by Gasteiger charge is -2.28. The zero-order chi connectivity index (χ0) is 24.1. The van der Waals surface area contributed by atoms with Crippen LogP contribution in [0.3, 0.4) is 0 Å². The second-order valence-electron chi connectivity index (χ2n) is 7.44. The minimum Gasteiger partial charge on any atom is -0.493 e. The number of hydrogen-bond donors (Lipinski definition) is 0. The van der Waals surface area contributed by atoms with Crippen LogP contribution in [-0.4, -0.2) is 67.5 Å². The molecule has 11 heteroatoms. The number of carbonyl (C=O) groups excluding carboxylic acids is 2. The summed E-state index contributed by atoms with van der Waals surface area (Å²) >= 11 is 0.799. The summed E-state index contributed by atoms with van der Waals surface area (Å²) in [7, 11) is 1.53. The SMILES string of the molecule is COc1ccccc1OCCN1C(=O)S/C(=C\c2ccc(N3CCOCC3)c([N+](=O)[O-])c2)C1=O. The lowest BCUT2D eigenvalue weighted by molar-refractivity contribution is -0.384. The Bertz CT molecular complexity index is 1130. The zero-order valence-electron chi connectivity index (χ0n) is 18.5. The van der Waals surface area contributed by atoms with Gasteiger partial charge in [-0.3, -0.25) is 24.6 Å². The van der Waals surface area contributed by atoms with Crippen LogP contribution in [-0.2, 0) is 9.53 Å². The molecular formula is C23H23N3O7S. The maximum absolute atomic E-state index is 12.8. The van der Waals surface area contributed by atoms with Gasteiger partial charge in [0, 0.05) is 19.2 Å². The fourth-order valence-corrected chi connectivity index (χ4v) is 4.54. The standard InChI is InChI=1S/C23H23N3O7S/c1-31-19-4-2-3-5-20(19)33-13-10-25-22(27)21(34-23(25)28)15-16-6-7-17(18(14-16)26(29)30)24-8-11-32-12-9-24/h2-7,14-15H,8-13H2,1H3/b21-15-. The van der Waals surface area contributed by atoms with Gasteiger partial charge in [0.15, 0.2) is 11.5 Å². The summed E-state index contributed by atoms with van der Waals surface area (Å²) in [4.78, 5) is 39.6. The fourth-order valence-electron chi connectivity index (χ4n) is 3.68. The molecule has 2 fully saturated rings.